The molecule has 0 aliphatic heterocycles. The first kappa shape index (κ1) is 12.4. The van der Waals surface area contributed by atoms with E-state index in [4.69, 9.17) is 0 Å². The van der Waals surface area contributed by atoms with Crippen LogP contribution >= 0.6 is 15.9 Å². The van der Waals surface area contributed by atoms with Crippen molar-refractivity contribution in [1.82, 2.24) is 0 Å². The van der Waals surface area contributed by atoms with Gasteiger partial charge in [0.05, 0.1) is 11.5 Å². The molecule has 3 rings (SSSR count). The predicted octanol–water partition coefficient (Wildman–Crippen LogP) is 4.30. The number of halogens is 1. The Balaban J connectivity index is 1.87. The fraction of sp³-hybridized carbons (Fsp3) is 0.235. The minimum atomic E-state index is -0.266. The van der Waals surface area contributed by atoms with E-state index in [1.165, 1.54) is 16.7 Å². The van der Waals surface area contributed by atoms with Crippen molar-refractivity contribution in [2.45, 2.75) is 19.3 Å². The fourth-order valence-corrected chi connectivity index (χ4v) is 3.19. The minimum absolute atomic E-state index is 0.266. The molecule has 1 nitrogen and oxygen atoms in total. The van der Waals surface area contributed by atoms with Crippen molar-refractivity contribution in [2.75, 3.05) is 0 Å². The van der Waals surface area contributed by atoms with E-state index in [0.29, 0.717) is 0 Å². The van der Waals surface area contributed by atoms with Crippen LogP contribution in [0.2, 0.25) is 0 Å². The van der Waals surface area contributed by atoms with Gasteiger partial charge in [-0.05, 0) is 48.1 Å². The lowest BCUT2D eigenvalue weighted by Gasteiger charge is -2.20. The second kappa shape index (κ2) is 4.83. The number of nitriles is 1. The van der Waals surface area contributed by atoms with Gasteiger partial charge in [0, 0.05) is 4.47 Å². The molecule has 2 heteroatoms. The van der Waals surface area contributed by atoms with Gasteiger partial charge in [-0.3, -0.25) is 0 Å². The first-order valence-corrected chi connectivity index (χ1v) is 7.23. The maximum Gasteiger partial charge on any atom is 0.0700 e. The van der Waals surface area contributed by atoms with Crippen molar-refractivity contribution >= 4 is 15.9 Å². The minimum Gasteiger partial charge on any atom is -0.198 e. The molecule has 0 bridgehead atoms. The third kappa shape index (κ3) is 2.43. The summed E-state index contributed by atoms with van der Waals surface area (Å²) in [6.07, 6.45) is 2.57. The van der Waals surface area contributed by atoms with Crippen LogP contribution in [0, 0.1) is 16.7 Å². The van der Waals surface area contributed by atoms with Gasteiger partial charge in [0.25, 0.3) is 0 Å². The monoisotopic (exact) mass is 311 g/mol. The quantitative estimate of drug-likeness (QED) is 0.811. The van der Waals surface area contributed by atoms with Crippen molar-refractivity contribution in [2.24, 2.45) is 5.41 Å². The van der Waals surface area contributed by atoms with Crippen LogP contribution in [0.25, 0.3) is 0 Å². The molecule has 19 heavy (non-hydrogen) atoms. The molecular formula is C17H14BrN. The summed E-state index contributed by atoms with van der Waals surface area (Å²) in [5, 5.41) is 9.65. The van der Waals surface area contributed by atoms with Crippen LogP contribution in [0.15, 0.2) is 53.0 Å². The summed E-state index contributed by atoms with van der Waals surface area (Å²) in [6.45, 7) is 0. The zero-order chi connectivity index (χ0) is 13.3. The second-order valence-electron chi connectivity index (χ2n) is 5.32. The van der Waals surface area contributed by atoms with Gasteiger partial charge in [-0.25, -0.2) is 0 Å². The molecule has 0 saturated carbocycles. The van der Waals surface area contributed by atoms with Crippen LogP contribution in [-0.2, 0) is 19.3 Å². The maximum absolute atomic E-state index is 9.65. The lowest BCUT2D eigenvalue weighted by Crippen LogP contribution is -2.22. The van der Waals surface area contributed by atoms with E-state index >= 15 is 0 Å². The van der Waals surface area contributed by atoms with E-state index in [1.807, 2.05) is 12.1 Å². The second-order valence-corrected chi connectivity index (χ2v) is 6.23. The number of rotatable bonds is 2. The van der Waals surface area contributed by atoms with E-state index in [0.717, 1.165) is 23.7 Å². The van der Waals surface area contributed by atoms with Crippen LogP contribution in [-0.4, -0.2) is 0 Å². The van der Waals surface area contributed by atoms with Crippen LogP contribution in [0.5, 0.6) is 0 Å². The average molecular weight is 312 g/mol. The van der Waals surface area contributed by atoms with E-state index in [9.17, 15) is 5.26 Å². The Morgan fingerprint density at radius 1 is 1.00 bits per heavy atom. The van der Waals surface area contributed by atoms with E-state index in [-0.39, 0.29) is 5.41 Å². The Bertz CT molecular complexity index is 612. The average Bonchev–Trinajstić information content (AvgIpc) is 2.80. The Kier molecular flexibility index (Phi) is 3.16. The molecule has 0 saturated heterocycles. The molecule has 94 valence electrons. The number of fused-ring (bicyclic) bond motifs is 1. The summed E-state index contributed by atoms with van der Waals surface area (Å²) in [7, 11) is 0. The number of hydrogen-bond donors (Lipinski definition) is 0. The molecule has 0 spiro atoms. The highest BCUT2D eigenvalue weighted by Crippen LogP contribution is 2.39. The molecule has 0 fully saturated rings. The standard InChI is InChI=1S/C17H14BrN/c18-16-7-5-13(6-8-16)9-17(12-19)10-14-3-1-2-4-15(14)11-17/h1-8H,9-11H2. The SMILES string of the molecule is N#CC1(Cc2ccc(Br)cc2)Cc2ccccc2C1. The summed E-state index contributed by atoms with van der Waals surface area (Å²) < 4.78 is 1.08. The van der Waals surface area contributed by atoms with Gasteiger partial charge in [-0.1, -0.05) is 52.3 Å². The highest BCUT2D eigenvalue weighted by molar-refractivity contribution is 9.10. The number of hydrogen-bond acceptors (Lipinski definition) is 1. The smallest absolute Gasteiger partial charge is 0.0700 e. The summed E-state index contributed by atoms with van der Waals surface area (Å²) in [5.74, 6) is 0. The zero-order valence-corrected chi connectivity index (χ0v) is 12.2. The zero-order valence-electron chi connectivity index (χ0n) is 10.6. The third-order valence-corrected chi connectivity index (χ3v) is 4.40. The molecule has 0 unspecified atom stereocenters. The van der Waals surface area contributed by atoms with Crippen molar-refractivity contribution in [1.29, 1.82) is 5.26 Å². The normalized spacial score (nSPS) is 15.8. The van der Waals surface area contributed by atoms with E-state index in [2.05, 4.69) is 58.4 Å². The van der Waals surface area contributed by atoms with Crippen molar-refractivity contribution in [3.63, 3.8) is 0 Å². The molecule has 1 aliphatic rings. The number of nitrogens with zero attached hydrogens (tertiary/aromatic N) is 1. The van der Waals surface area contributed by atoms with Crippen LogP contribution in [0.3, 0.4) is 0 Å². The molecule has 1 aliphatic carbocycles. The van der Waals surface area contributed by atoms with Gasteiger partial charge in [-0.15, -0.1) is 0 Å². The van der Waals surface area contributed by atoms with Crippen LogP contribution < -0.4 is 0 Å². The van der Waals surface area contributed by atoms with Crippen LogP contribution in [0.1, 0.15) is 16.7 Å². The van der Waals surface area contributed by atoms with Gasteiger partial charge in [0.1, 0.15) is 0 Å². The first-order valence-electron chi connectivity index (χ1n) is 6.43. The topological polar surface area (TPSA) is 23.8 Å². The Labute approximate surface area is 122 Å². The highest BCUT2D eigenvalue weighted by atomic mass is 79.9. The molecule has 2 aromatic carbocycles. The lowest BCUT2D eigenvalue weighted by molar-refractivity contribution is 0.418. The molecule has 0 atom stereocenters. The van der Waals surface area contributed by atoms with Gasteiger partial charge in [0.15, 0.2) is 0 Å². The number of benzene rings is 2. The molecule has 2 aromatic rings. The van der Waals surface area contributed by atoms with Gasteiger partial charge in [0.2, 0.25) is 0 Å². The third-order valence-electron chi connectivity index (χ3n) is 3.87. The fourth-order valence-electron chi connectivity index (χ4n) is 2.93. The van der Waals surface area contributed by atoms with Crippen molar-refractivity contribution in [3.05, 3.63) is 69.7 Å². The summed E-state index contributed by atoms with van der Waals surface area (Å²) in [6, 6.07) is 19.3. The van der Waals surface area contributed by atoms with E-state index < -0.39 is 0 Å². The molecule has 0 N–H and O–H groups in total. The van der Waals surface area contributed by atoms with E-state index in [1.54, 1.807) is 0 Å². The summed E-state index contributed by atoms with van der Waals surface area (Å²) in [4.78, 5) is 0. The molecule has 0 heterocycles. The van der Waals surface area contributed by atoms with Gasteiger partial charge < -0.3 is 0 Å². The van der Waals surface area contributed by atoms with Gasteiger partial charge >= 0.3 is 0 Å². The molecular weight excluding hydrogens is 298 g/mol. The molecule has 0 amide bonds. The van der Waals surface area contributed by atoms with Crippen molar-refractivity contribution in [3.8, 4) is 6.07 Å². The Morgan fingerprint density at radius 3 is 2.11 bits per heavy atom. The first-order chi connectivity index (χ1) is 9.21. The Morgan fingerprint density at radius 2 is 1.58 bits per heavy atom. The largest absolute Gasteiger partial charge is 0.198 e. The Hall–Kier alpha value is -1.59. The molecule has 0 radical (unpaired) electrons. The lowest BCUT2D eigenvalue weighted by atomic mass is 9.80. The predicted molar refractivity (Wildman–Crippen MR) is 79.7 cm³/mol. The van der Waals surface area contributed by atoms with Crippen LogP contribution in [0.4, 0.5) is 0 Å². The highest BCUT2D eigenvalue weighted by Gasteiger charge is 2.37. The summed E-state index contributed by atoms with van der Waals surface area (Å²) in [5.41, 5.74) is 3.64. The van der Waals surface area contributed by atoms with Crippen molar-refractivity contribution < 1.29 is 0 Å². The maximum atomic E-state index is 9.65. The van der Waals surface area contributed by atoms with Gasteiger partial charge in [-0.2, -0.15) is 5.26 Å². The summed E-state index contributed by atoms with van der Waals surface area (Å²) >= 11 is 3.45. The molecule has 0 aromatic heterocycles.